The number of aromatic nitrogens is 2. The van der Waals surface area contributed by atoms with E-state index in [2.05, 4.69) is 23.9 Å². The van der Waals surface area contributed by atoms with Gasteiger partial charge in [-0.2, -0.15) is 5.09 Å². The number of ether oxygens (including phenoxy) is 2. The lowest BCUT2D eigenvalue weighted by atomic mass is 9.96. The minimum absolute atomic E-state index is 0.249. The van der Waals surface area contributed by atoms with Crippen molar-refractivity contribution in [2.24, 2.45) is 11.3 Å². The highest BCUT2D eigenvalue weighted by atomic mass is 31.2. The van der Waals surface area contributed by atoms with Gasteiger partial charge in [0.2, 0.25) is 0 Å². The molecule has 0 bridgehead atoms. The third-order valence-electron chi connectivity index (χ3n) is 7.61. The molecule has 226 valence electrons. The Morgan fingerprint density at radius 1 is 1.20 bits per heavy atom. The Bertz CT molecular complexity index is 1320. The molecule has 1 saturated heterocycles. The van der Waals surface area contributed by atoms with Gasteiger partial charge in [-0.3, -0.25) is 23.7 Å². The van der Waals surface area contributed by atoms with E-state index in [-0.39, 0.29) is 24.9 Å². The second-order valence-electron chi connectivity index (χ2n) is 10.8. The number of carbonyl (C=O) groups is 1. The summed E-state index contributed by atoms with van der Waals surface area (Å²) < 4.78 is 38.2. The van der Waals surface area contributed by atoms with E-state index in [4.69, 9.17) is 18.5 Å². The molecule has 13 heteroatoms. The van der Waals surface area contributed by atoms with Gasteiger partial charge < -0.3 is 19.1 Å². The van der Waals surface area contributed by atoms with Gasteiger partial charge in [-0.25, -0.2) is 9.36 Å². The number of nitrogens with one attached hydrogen (secondary N) is 2. The van der Waals surface area contributed by atoms with Crippen LogP contribution in [0.1, 0.15) is 65.5 Å². The second-order valence-corrected chi connectivity index (χ2v) is 12.5. The van der Waals surface area contributed by atoms with Gasteiger partial charge >= 0.3 is 19.4 Å². The Balaban J connectivity index is 1.45. The summed E-state index contributed by atoms with van der Waals surface area (Å²) in [7, 11) is -4.19. The first-order valence-corrected chi connectivity index (χ1v) is 15.7. The summed E-state index contributed by atoms with van der Waals surface area (Å²) in [6.07, 6.45) is 3.54. The molecule has 4 rings (SSSR count). The highest BCUT2D eigenvalue weighted by molar-refractivity contribution is 7.52. The third-order valence-corrected chi connectivity index (χ3v) is 9.25. The van der Waals surface area contributed by atoms with E-state index in [0.29, 0.717) is 12.8 Å². The van der Waals surface area contributed by atoms with E-state index in [1.807, 2.05) is 0 Å². The number of carbonyl (C=O) groups excluding carboxylic acids is 1. The number of aliphatic hydroxyl groups excluding tert-OH is 1. The van der Waals surface area contributed by atoms with E-state index >= 15 is 0 Å². The van der Waals surface area contributed by atoms with Crippen molar-refractivity contribution in [2.75, 3.05) is 13.2 Å². The first-order chi connectivity index (χ1) is 19.6. The summed E-state index contributed by atoms with van der Waals surface area (Å²) in [5.74, 6) is -0.0863. The van der Waals surface area contributed by atoms with Crippen LogP contribution >= 0.6 is 7.75 Å². The summed E-state index contributed by atoms with van der Waals surface area (Å²) in [4.78, 5) is 39.0. The van der Waals surface area contributed by atoms with Crippen LogP contribution in [0, 0.1) is 11.3 Å². The van der Waals surface area contributed by atoms with Crippen LogP contribution in [-0.4, -0.2) is 52.1 Å². The molecule has 5 unspecified atom stereocenters. The lowest BCUT2D eigenvalue weighted by molar-refractivity contribution is -0.146. The first-order valence-electron chi connectivity index (χ1n) is 14.2. The van der Waals surface area contributed by atoms with Gasteiger partial charge in [0.1, 0.15) is 24.1 Å². The van der Waals surface area contributed by atoms with Crippen molar-refractivity contribution >= 4 is 13.7 Å². The van der Waals surface area contributed by atoms with Crippen LogP contribution in [0.3, 0.4) is 0 Å². The molecule has 1 spiro atoms. The molecular weight excluding hydrogens is 553 g/mol. The molecule has 2 aromatic rings. The van der Waals surface area contributed by atoms with Gasteiger partial charge in [0.15, 0.2) is 0 Å². The number of H-pyrrole nitrogens is 1. The van der Waals surface area contributed by atoms with E-state index in [1.54, 1.807) is 30.3 Å². The maximum Gasteiger partial charge on any atom is 0.459 e. The van der Waals surface area contributed by atoms with Gasteiger partial charge in [-0.1, -0.05) is 44.9 Å². The molecule has 1 aromatic carbocycles. The molecule has 2 heterocycles. The van der Waals surface area contributed by atoms with Crippen LogP contribution in [0.4, 0.5) is 0 Å². The van der Waals surface area contributed by atoms with Crippen molar-refractivity contribution < 1.29 is 33.0 Å². The van der Waals surface area contributed by atoms with Crippen LogP contribution in [-0.2, 0) is 23.4 Å². The molecule has 2 fully saturated rings. The predicted molar refractivity (Wildman–Crippen MR) is 150 cm³/mol. The minimum atomic E-state index is -4.19. The quantitative estimate of drug-likeness (QED) is 0.206. The molecule has 3 N–H and O–H groups in total. The minimum Gasteiger partial charge on any atom is -0.464 e. The van der Waals surface area contributed by atoms with Crippen molar-refractivity contribution in [1.82, 2.24) is 14.6 Å². The van der Waals surface area contributed by atoms with Gasteiger partial charge in [0.05, 0.1) is 19.3 Å². The molecule has 0 amide bonds. The summed E-state index contributed by atoms with van der Waals surface area (Å²) in [6, 6.07) is 8.55. The first kappa shape index (κ1) is 31.2. The zero-order valence-corrected chi connectivity index (χ0v) is 24.6. The van der Waals surface area contributed by atoms with E-state index < -0.39 is 54.9 Å². The molecule has 1 aromatic heterocycles. The Morgan fingerprint density at radius 2 is 1.88 bits per heavy atom. The van der Waals surface area contributed by atoms with Crippen molar-refractivity contribution in [1.29, 1.82) is 0 Å². The Hall–Kier alpha value is -2.76. The number of hydrogen-bond acceptors (Lipinski definition) is 9. The summed E-state index contributed by atoms with van der Waals surface area (Å²) in [5.41, 5.74) is -1.94. The van der Waals surface area contributed by atoms with Gasteiger partial charge in [0, 0.05) is 17.7 Å². The molecule has 1 aliphatic heterocycles. The van der Waals surface area contributed by atoms with Crippen molar-refractivity contribution in [3.8, 4) is 5.75 Å². The van der Waals surface area contributed by atoms with Crippen molar-refractivity contribution in [3.63, 3.8) is 0 Å². The molecule has 0 radical (unpaired) electrons. The number of aromatic amines is 1. The number of rotatable bonds is 15. The molecule has 5 atom stereocenters. The zero-order chi connectivity index (χ0) is 29.6. The fourth-order valence-corrected chi connectivity index (χ4v) is 6.79. The van der Waals surface area contributed by atoms with Gasteiger partial charge in [-0.05, 0) is 50.7 Å². The smallest absolute Gasteiger partial charge is 0.459 e. The predicted octanol–water partition coefficient (Wildman–Crippen LogP) is 3.52. The lowest BCUT2D eigenvalue weighted by Crippen LogP contribution is -2.37. The average Bonchev–Trinajstić information content (AvgIpc) is 3.69. The fourth-order valence-electron chi connectivity index (χ4n) is 5.29. The average molecular weight is 594 g/mol. The van der Waals surface area contributed by atoms with Crippen LogP contribution in [0.5, 0.6) is 5.75 Å². The van der Waals surface area contributed by atoms with Crippen LogP contribution < -0.4 is 20.9 Å². The van der Waals surface area contributed by atoms with E-state index in [9.17, 15) is 24.1 Å². The number of esters is 1. The molecule has 2 aliphatic rings. The van der Waals surface area contributed by atoms with Crippen molar-refractivity contribution in [2.45, 2.75) is 83.8 Å². The topological polar surface area (TPSA) is 158 Å². The maximum absolute atomic E-state index is 13.9. The van der Waals surface area contributed by atoms with Gasteiger partial charge in [-0.15, -0.1) is 0 Å². The number of nitrogens with zero attached hydrogens (tertiary/aromatic N) is 1. The van der Waals surface area contributed by atoms with E-state index in [0.717, 1.165) is 25.7 Å². The van der Waals surface area contributed by atoms with Gasteiger partial charge in [0.25, 0.3) is 5.56 Å². The number of aliphatic hydroxyl groups is 1. The Labute approximate surface area is 238 Å². The van der Waals surface area contributed by atoms with Crippen molar-refractivity contribution in [3.05, 3.63) is 63.4 Å². The number of para-hydroxylation sites is 1. The second kappa shape index (κ2) is 13.5. The molecule has 1 aliphatic carbocycles. The Morgan fingerprint density at radius 3 is 2.49 bits per heavy atom. The molecule has 1 saturated carbocycles. The third kappa shape index (κ3) is 7.55. The lowest BCUT2D eigenvalue weighted by Gasteiger charge is -2.25. The molecule has 41 heavy (non-hydrogen) atoms. The monoisotopic (exact) mass is 593 g/mol. The SMILES string of the molecule is CCCC(CCC)COC(=O)C(C)NP(=O)(OCC1OC(n2ccc(=O)[nH]c2=O)C2(CC2)C1O)Oc1ccccc1. The van der Waals surface area contributed by atoms with Crippen LogP contribution in [0.25, 0.3) is 0 Å². The molecular formula is C28H40N3O9P. The highest BCUT2D eigenvalue weighted by Crippen LogP contribution is 2.62. The molecule has 12 nitrogen and oxygen atoms in total. The summed E-state index contributed by atoms with van der Waals surface area (Å²) in [6.45, 7) is 5.60. The number of benzene rings is 1. The standard InChI is InChI=1S/C28H40N3O9P/c1-4-9-20(10-5-2)17-37-25(34)19(3)30-41(36,40-21-11-7-6-8-12-21)38-18-22-24(33)28(14-15-28)26(39-22)31-16-13-23(32)29-27(31)35/h6-8,11-13,16,19-20,22,24,26,33H,4-5,9-10,14-15,17-18H2,1-3H3,(H,30,36)(H,29,32,35). The number of hydrogen-bond donors (Lipinski definition) is 3. The summed E-state index contributed by atoms with van der Waals surface area (Å²) in [5, 5.41) is 13.8. The van der Waals surface area contributed by atoms with Crippen LogP contribution in [0.15, 0.2) is 52.2 Å². The highest BCUT2D eigenvalue weighted by Gasteiger charge is 2.64. The van der Waals surface area contributed by atoms with E-state index in [1.165, 1.54) is 23.8 Å². The normalized spacial score (nSPS) is 23.3. The zero-order valence-electron chi connectivity index (χ0n) is 23.7. The summed E-state index contributed by atoms with van der Waals surface area (Å²) >= 11 is 0. The largest absolute Gasteiger partial charge is 0.464 e. The van der Waals surface area contributed by atoms with Crippen LogP contribution in [0.2, 0.25) is 0 Å². The maximum atomic E-state index is 13.9. The Kier molecular flexibility index (Phi) is 10.3. The fraction of sp³-hybridized carbons (Fsp3) is 0.607.